The largest absolute Gasteiger partial charge is 0.288 e. The molecule has 80 valence electrons. The van der Waals surface area contributed by atoms with E-state index in [1.807, 2.05) is 0 Å². The number of rotatable bonds is 2. The standard InChI is InChI=1S/C12H7Cl2NO/c13-10-4-2-1-3-9(10)12(16)8-5-6-11(14)15-7-8/h1-7H. The fourth-order valence-electron chi connectivity index (χ4n) is 1.31. The average Bonchev–Trinajstić information content (AvgIpc) is 2.30. The minimum atomic E-state index is -0.158. The average molecular weight is 252 g/mol. The Hall–Kier alpha value is -1.38. The first-order valence-corrected chi connectivity index (χ1v) is 5.35. The van der Waals surface area contributed by atoms with Gasteiger partial charge in [0.05, 0.1) is 5.02 Å². The molecule has 0 N–H and O–H groups in total. The Bertz CT molecular complexity index is 523. The Morgan fingerprint density at radius 1 is 1.06 bits per heavy atom. The van der Waals surface area contributed by atoms with Gasteiger partial charge < -0.3 is 0 Å². The molecule has 0 atom stereocenters. The van der Waals surface area contributed by atoms with Crippen molar-refractivity contribution >= 4 is 29.0 Å². The van der Waals surface area contributed by atoms with Gasteiger partial charge in [0.2, 0.25) is 0 Å². The van der Waals surface area contributed by atoms with Crippen LogP contribution in [0, 0.1) is 0 Å². The highest BCUT2D eigenvalue weighted by Gasteiger charge is 2.12. The molecule has 0 unspecified atom stereocenters. The number of pyridine rings is 1. The molecule has 16 heavy (non-hydrogen) atoms. The van der Waals surface area contributed by atoms with Crippen molar-refractivity contribution in [1.29, 1.82) is 0 Å². The van der Waals surface area contributed by atoms with Crippen LogP contribution in [0.2, 0.25) is 10.2 Å². The van der Waals surface area contributed by atoms with Gasteiger partial charge in [0.15, 0.2) is 5.78 Å². The molecule has 0 radical (unpaired) electrons. The smallest absolute Gasteiger partial charge is 0.196 e. The lowest BCUT2D eigenvalue weighted by Gasteiger charge is -2.02. The van der Waals surface area contributed by atoms with Crippen molar-refractivity contribution < 1.29 is 4.79 Å². The molecule has 0 saturated carbocycles. The summed E-state index contributed by atoms with van der Waals surface area (Å²) in [6.45, 7) is 0. The van der Waals surface area contributed by atoms with Gasteiger partial charge in [-0.3, -0.25) is 4.79 Å². The van der Waals surface area contributed by atoms with Crippen LogP contribution < -0.4 is 0 Å². The molecule has 0 saturated heterocycles. The van der Waals surface area contributed by atoms with Gasteiger partial charge in [0, 0.05) is 17.3 Å². The zero-order valence-corrected chi connectivity index (χ0v) is 9.66. The van der Waals surface area contributed by atoms with Crippen LogP contribution in [0.5, 0.6) is 0 Å². The summed E-state index contributed by atoms with van der Waals surface area (Å²) in [4.78, 5) is 15.9. The molecule has 0 aliphatic carbocycles. The molecule has 1 aromatic carbocycles. The number of ketones is 1. The van der Waals surface area contributed by atoms with Crippen LogP contribution in [-0.2, 0) is 0 Å². The molecule has 2 aromatic rings. The lowest BCUT2D eigenvalue weighted by atomic mass is 10.1. The van der Waals surface area contributed by atoms with Gasteiger partial charge in [-0.1, -0.05) is 35.3 Å². The second kappa shape index (κ2) is 4.64. The summed E-state index contributed by atoms with van der Waals surface area (Å²) in [6.07, 6.45) is 1.44. The van der Waals surface area contributed by atoms with Crippen molar-refractivity contribution in [3.63, 3.8) is 0 Å². The molecule has 4 heteroatoms. The summed E-state index contributed by atoms with van der Waals surface area (Å²) in [5.74, 6) is -0.158. The van der Waals surface area contributed by atoms with Crippen molar-refractivity contribution in [3.8, 4) is 0 Å². The minimum absolute atomic E-state index is 0.158. The fraction of sp³-hybridized carbons (Fsp3) is 0. The first-order valence-electron chi connectivity index (χ1n) is 4.59. The third-order valence-corrected chi connectivity index (χ3v) is 2.66. The van der Waals surface area contributed by atoms with E-state index in [0.29, 0.717) is 21.3 Å². The van der Waals surface area contributed by atoms with Gasteiger partial charge >= 0.3 is 0 Å². The Labute approximate surface area is 103 Å². The second-order valence-corrected chi connectivity index (χ2v) is 3.97. The number of hydrogen-bond acceptors (Lipinski definition) is 2. The van der Waals surface area contributed by atoms with E-state index in [0.717, 1.165) is 0 Å². The minimum Gasteiger partial charge on any atom is -0.288 e. The SMILES string of the molecule is O=C(c1ccc(Cl)nc1)c1ccccc1Cl. The normalized spacial score (nSPS) is 10.1. The third-order valence-electron chi connectivity index (χ3n) is 2.11. The van der Waals surface area contributed by atoms with E-state index < -0.39 is 0 Å². The summed E-state index contributed by atoms with van der Waals surface area (Å²) >= 11 is 11.6. The third kappa shape index (κ3) is 2.23. The van der Waals surface area contributed by atoms with Gasteiger partial charge in [0.1, 0.15) is 5.15 Å². The molecule has 2 nitrogen and oxygen atoms in total. The Morgan fingerprint density at radius 3 is 2.44 bits per heavy atom. The van der Waals surface area contributed by atoms with E-state index >= 15 is 0 Å². The van der Waals surface area contributed by atoms with Gasteiger partial charge in [-0.15, -0.1) is 0 Å². The van der Waals surface area contributed by atoms with Gasteiger partial charge in [0.25, 0.3) is 0 Å². The molecular formula is C12H7Cl2NO. The zero-order chi connectivity index (χ0) is 11.5. The molecule has 0 amide bonds. The van der Waals surface area contributed by atoms with E-state index in [9.17, 15) is 4.79 Å². The second-order valence-electron chi connectivity index (χ2n) is 3.18. The van der Waals surface area contributed by atoms with Gasteiger partial charge in [-0.2, -0.15) is 0 Å². The maximum Gasteiger partial charge on any atom is 0.196 e. The van der Waals surface area contributed by atoms with Crippen LogP contribution in [0.3, 0.4) is 0 Å². The van der Waals surface area contributed by atoms with E-state index in [-0.39, 0.29) is 5.78 Å². The van der Waals surface area contributed by atoms with E-state index in [1.54, 1.807) is 36.4 Å². The highest BCUT2D eigenvalue weighted by molar-refractivity contribution is 6.35. The van der Waals surface area contributed by atoms with Crippen molar-refractivity contribution in [2.24, 2.45) is 0 Å². The number of hydrogen-bond donors (Lipinski definition) is 0. The molecule has 0 fully saturated rings. The lowest BCUT2D eigenvalue weighted by molar-refractivity contribution is 0.103. The number of aromatic nitrogens is 1. The lowest BCUT2D eigenvalue weighted by Crippen LogP contribution is -2.02. The Balaban J connectivity index is 2.40. The zero-order valence-electron chi connectivity index (χ0n) is 8.15. The van der Waals surface area contributed by atoms with E-state index in [4.69, 9.17) is 23.2 Å². The van der Waals surface area contributed by atoms with Crippen LogP contribution in [0.25, 0.3) is 0 Å². The number of carbonyl (C=O) groups excluding carboxylic acids is 1. The monoisotopic (exact) mass is 251 g/mol. The summed E-state index contributed by atoms with van der Waals surface area (Å²) in [7, 11) is 0. The van der Waals surface area contributed by atoms with Gasteiger partial charge in [-0.05, 0) is 24.3 Å². The predicted octanol–water partition coefficient (Wildman–Crippen LogP) is 3.62. The summed E-state index contributed by atoms with van der Waals surface area (Å²) in [5, 5.41) is 0.790. The number of carbonyl (C=O) groups is 1. The molecule has 1 heterocycles. The summed E-state index contributed by atoms with van der Waals surface area (Å²) in [5.41, 5.74) is 0.936. The molecule has 2 rings (SSSR count). The van der Waals surface area contributed by atoms with Crippen molar-refractivity contribution in [3.05, 3.63) is 63.9 Å². The fourth-order valence-corrected chi connectivity index (χ4v) is 1.64. The number of benzene rings is 1. The van der Waals surface area contributed by atoms with Crippen LogP contribution >= 0.6 is 23.2 Å². The highest BCUT2D eigenvalue weighted by Crippen LogP contribution is 2.19. The Morgan fingerprint density at radius 2 is 1.81 bits per heavy atom. The number of halogens is 2. The first-order chi connectivity index (χ1) is 7.68. The number of nitrogens with zero attached hydrogens (tertiary/aromatic N) is 1. The summed E-state index contributed by atoms with van der Waals surface area (Å²) < 4.78 is 0. The molecule has 0 bridgehead atoms. The van der Waals surface area contributed by atoms with E-state index in [2.05, 4.69) is 4.98 Å². The van der Waals surface area contributed by atoms with E-state index in [1.165, 1.54) is 6.20 Å². The predicted molar refractivity (Wildman–Crippen MR) is 64.1 cm³/mol. The topological polar surface area (TPSA) is 30.0 Å². The van der Waals surface area contributed by atoms with Crippen LogP contribution in [0.1, 0.15) is 15.9 Å². The van der Waals surface area contributed by atoms with Crippen LogP contribution in [0.15, 0.2) is 42.6 Å². The van der Waals surface area contributed by atoms with Crippen LogP contribution in [0.4, 0.5) is 0 Å². The molecule has 1 aromatic heterocycles. The maximum atomic E-state index is 12.0. The molecular weight excluding hydrogens is 245 g/mol. The quantitative estimate of drug-likeness (QED) is 0.603. The first kappa shape index (κ1) is 11.1. The molecule has 0 aliphatic rings. The molecule has 0 spiro atoms. The molecule has 0 aliphatic heterocycles. The van der Waals surface area contributed by atoms with Crippen molar-refractivity contribution in [2.45, 2.75) is 0 Å². The van der Waals surface area contributed by atoms with Crippen molar-refractivity contribution in [2.75, 3.05) is 0 Å². The Kier molecular flexibility index (Phi) is 3.22. The van der Waals surface area contributed by atoms with Crippen molar-refractivity contribution in [1.82, 2.24) is 4.98 Å². The summed E-state index contributed by atoms with van der Waals surface area (Å²) in [6, 6.07) is 10.1. The van der Waals surface area contributed by atoms with Gasteiger partial charge in [-0.25, -0.2) is 4.98 Å². The maximum absolute atomic E-state index is 12.0. The van der Waals surface area contributed by atoms with Crippen LogP contribution in [-0.4, -0.2) is 10.8 Å². The highest BCUT2D eigenvalue weighted by atomic mass is 35.5.